The first-order valence-electron chi connectivity index (χ1n) is 9.80. The predicted molar refractivity (Wildman–Crippen MR) is 109 cm³/mol. The molecular formula is C23H25N3O2. The van der Waals surface area contributed by atoms with E-state index in [9.17, 15) is 4.79 Å². The third kappa shape index (κ3) is 3.93. The molecule has 2 aromatic carbocycles. The van der Waals surface area contributed by atoms with Crippen LogP contribution in [0.1, 0.15) is 41.6 Å². The van der Waals surface area contributed by atoms with Crippen LogP contribution in [0.25, 0.3) is 11.3 Å². The average Bonchev–Trinajstić information content (AvgIpc) is 3.38. The number of carbonyl (C=O) groups is 1. The molecule has 0 aliphatic heterocycles. The van der Waals surface area contributed by atoms with Crippen molar-refractivity contribution in [3.8, 4) is 17.0 Å². The fraction of sp³-hybridized carbons (Fsp3) is 0.304. The summed E-state index contributed by atoms with van der Waals surface area (Å²) in [5.41, 5.74) is 3.21. The largest absolute Gasteiger partial charge is 0.496 e. The highest BCUT2D eigenvalue weighted by Gasteiger charge is 2.24. The molecule has 5 nitrogen and oxygen atoms in total. The first-order valence-corrected chi connectivity index (χ1v) is 9.80. The summed E-state index contributed by atoms with van der Waals surface area (Å²) >= 11 is 0. The minimum absolute atomic E-state index is 0.0629. The van der Waals surface area contributed by atoms with Crippen LogP contribution in [0.3, 0.4) is 0 Å². The lowest BCUT2D eigenvalue weighted by Crippen LogP contribution is -2.32. The Bertz CT molecular complexity index is 943. The SMILES string of the molecule is COc1ccccc1-c1nn(Cc2ccccc2)cc1C(=O)NC1CCCC1. The number of nitrogens with zero attached hydrogens (tertiary/aromatic N) is 2. The number of amides is 1. The number of ether oxygens (including phenoxy) is 1. The first kappa shape index (κ1) is 18.3. The lowest BCUT2D eigenvalue weighted by molar-refractivity contribution is 0.0938. The van der Waals surface area contributed by atoms with E-state index < -0.39 is 0 Å². The van der Waals surface area contributed by atoms with Gasteiger partial charge in [-0.15, -0.1) is 0 Å². The van der Waals surface area contributed by atoms with E-state index in [0.717, 1.165) is 24.0 Å². The molecule has 0 spiro atoms. The van der Waals surface area contributed by atoms with E-state index in [1.165, 1.54) is 12.8 Å². The van der Waals surface area contributed by atoms with Crippen molar-refractivity contribution in [2.75, 3.05) is 7.11 Å². The zero-order chi connectivity index (χ0) is 19.3. The lowest BCUT2D eigenvalue weighted by Gasteiger charge is -2.12. The van der Waals surface area contributed by atoms with E-state index in [-0.39, 0.29) is 11.9 Å². The maximum atomic E-state index is 13.1. The molecule has 1 heterocycles. The monoisotopic (exact) mass is 375 g/mol. The van der Waals surface area contributed by atoms with Gasteiger partial charge in [0, 0.05) is 17.8 Å². The van der Waals surface area contributed by atoms with Gasteiger partial charge >= 0.3 is 0 Å². The maximum Gasteiger partial charge on any atom is 0.255 e. The zero-order valence-electron chi connectivity index (χ0n) is 16.1. The van der Waals surface area contributed by atoms with Gasteiger partial charge in [0.2, 0.25) is 0 Å². The molecule has 28 heavy (non-hydrogen) atoms. The second kappa shape index (κ2) is 8.30. The van der Waals surface area contributed by atoms with E-state index >= 15 is 0 Å². The number of hydrogen-bond donors (Lipinski definition) is 1. The van der Waals surface area contributed by atoms with Crippen LogP contribution in [-0.4, -0.2) is 28.8 Å². The van der Waals surface area contributed by atoms with E-state index in [4.69, 9.17) is 9.84 Å². The van der Waals surface area contributed by atoms with Crippen molar-refractivity contribution in [2.24, 2.45) is 0 Å². The summed E-state index contributed by atoms with van der Waals surface area (Å²) in [6.07, 6.45) is 6.30. The van der Waals surface area contributed by atoms with Crippen molar-refractivity contribution < 1.29 is 9.53 Å². The number of rotatable bonds is 6. The molecule has 1 saturated carbocycles. The highest BCUT2D eigenvalue weighted by atomic mass is 16.5. The van der Waals surface area contributed by atoms with Gasteiger partial charge in [0.25, 0.3) is 5.91 Å². The molecule has 3 aromatic rings. The molecule has 0 atom stereocenters. The minimum Gasteiger partial charge on any atom is -0.496 e. The fourth-order valence-corrected chi connectivity index (χ4v) is 3.81. The number of aromatic nitrogens is 2. The molecule has 0 saturated heterocycles. The Kier molecular flexibility index (Phi) is 5.42. The number of hydrogen-bond acceptors (Lipinski definition) is 3. The number of methoxy groups -OCH3 is 1. The Balaban J connectivity index is 1.70. The summed E-state index contributed by atoms with van der Waals surface area (Å²) in [6, 6.07) is 18.1. The van der Waals surface area contributed by atoms with Gasteiger partial charge in [-0.05, 0) is 30.5 Å². The van der Waals surface area contributed by atoms with Crippen LogP contribution in [0, 0.1) is 0 Å². The lowest BCUT2D eigenvalue weighted by atomic mass is 10.1. The van der Waals surface area contributed by atoms with Gasteiger partial charge in [-0.25, -0.2) is 0 Å². The van der Waals surface area contributed by atoms with Crippen LogP contribution in [0.5, 0.6) is 5.75 Å². The van der Waals surface area contributed by atoms with Gasteiger partial charge in [-0.2, -0.15) is 5.10 Å². The van der Waals surface area contributed by atoms with Crippen molar-refractivity contribution in [3.63, 3.8) is 0 Å². The molecule has 4 rings (SSSR count). The molecule has 5 heteroatoms. The zero-order valence-corrected chi connectivity index (χ0v) is 16.1. The third-order valence-corrected chi connectivity index (χ3v) is 5.25. The van der Waals surface area contributed by atoms with Crippen LogP contribution in [0.2, 0.25) is 0 Å². The number of carbonyl (C=O) groups excluding carboxylic acids is 1. The van der Waals surface area contributed by atoms with Crippen molar-refractivity contribution in [3.05, 3.63) is 71.9 Å². The molecule has 1 aliphatic rings. The van der Waals surface area contributed by atoms with Gasteiger partial charge in [0.15, 0.2) is 0 Å². The second-order valence-corrected chi connectivity index (χ2v) is 7.23. The Morgan fingerprint density at radius 2 is 1.82 bits per heavy atom. The topological polar surface area (TPSA) is 56.2 Å². The molecule has 1 aromatic heterocycles. The molecule has 1 fully saturated rings. The molecule has 0 bridgehead atoms. The highest BCUT2D eigenvalue weighted by Crippen LogP contribution is 2.31. The van der Waals surface area contributed by atoms with Crippen molar-refractivity contribution >= 4 is 5.91 Å². The smallest absolute Gasteiger partial charge is 0.255 e. The molecular weight excluding hydrogens is 350 g/mol. The maximum absolute atomic E-state index is 13.1. The summed E-state index contributed by atoms with van der Waals surface area (Å²) in [6.45, 7) is 0.611. The standard InChI is InChI=1S/C23H25N3O2/c1-28-21-14-8-7-13-19(21)22-20(23(27)24-18-11-5-6-12-18)16-26(25-22)15-17-9-3-2-4-10-17/h2-4,7-10,13-14,16,18H,5-6,11-12,15H2,1H3,(H,24,27). The average molecular weight is 375 g/mol. The molecule has 0 unspecified atom stereocenters. The number of nitrogens with one attached hydrogen (secondary N) is 1. The van der Waals surface area contributed by atoms with Gasteiger partial charge in [0.05, 0.1) is 19.2 Å². The van der Waals surface area contributed by atoms with Crippen molar-refractivity contribution in [1.82, 2.24) is 15.1 Å². The Morgan fingerprint density at radius 1 is 1.11 bits per heavy atom. The van der Waals surface area contributed by atoms with Gasteiger partial charge in [0.1, 0.15) is 11.4 Å². The summed E-state index contributed by atoms with van der Waals surface area (Å²) in [5.74, 6) is 0.648. The number of para-hydroxylation sites is 1. The summed E-state index contributed by atoms with van der Waals surface area (Å²) in [7, 11) is 1.64. The van der Waals surface area contributed by atoms with Crippen molar-refractivity contribution in [1.29, 1.82) is 0 Å². The van der Waals surface area contributed by atoms with Crippen LogP contribution in [0.15, 0.2) is 60.8 Å². The fourth-order valence-electron chi connectivity index (χ4n) is 3.81. The summed E-state index contributed by atoms with van der Waals surface area (Å²) in [4.78, 5) is 13.1. The summed E-state index contributed by atoms with van der Waals surface area (Å²) in [5, 5.41) is 7.94. The molecule has 1 N–H and O–H groups in total. The van der Waals surface area contributed by atoms with Crippen LogP contribution < -0.4 is 10.1 Å². The van der Waals surface area contributed by atoms with Crippen LogP contribution in [-0.2, 0) is 6.54 Å². The third-order valence-electron chi connectivity index (χ3n) is 5.25. The molecule has 1 aliphatic carbocycles. The molecule has 0 radical (unpaired) electrons. The van der Waals surface area contributed by atoms with E-state index in [0.29, 0.717) is 23.6 Å². The predicted octanol–water partition coefficient (Wildman–Crippen LogP) is 4.28. The van der Waals surface area contributed by atoms with Crippen LogP contribution >= 0.6 is 0 Å². The Labute approximate surface area is 165 Å². The molecule has 1 amide bonds. The summed E-state index contributed by atoms with van der Waals surface area (Å²) < 4.78 is 7.35. The van der Waals surface area contributed by atoms with Crippen molar-refractivity contribution in [2.45, 2.75) is 38.3 Å². The molecule has 144 valence electrons. The van der Waals surface area contributed by atoms with E-state index in [1.807, 2.05) is 53.3 Å². The quantitative estimate of drug-likeness (QED) is 0.700. The first-order chi connectivity index (χ1) is 13.7. The Morgan fingerprint density at radius 3 is 2.57 bits per heavy atom. The van der Waals surface area contributed by atoms with E-state index in [2.05, 4.69) is 17.4 Å². The van der Waals surface area contributed by atoms with Gasteiger partial charge in [-0.1, -0.05) is 55.3 Å². The van der Waals surface area contributed by atoms with Gasteiger partial charge in [-0.3, -0.25) is 9.48 Å². The normalized spacial score (nSPS) is 14.2. The van der Waals surface area contributed by atoms with Crippen LogP contribution in [0.4, 0.5) is 0 Å². The van der Waals surface area contributed by atoms with E-state index in [1.54, 1.807) is 7.11 Å². The van der Waals surface area contributed by atoms with Gasteiger partial charge < -0.3 is 10.1 Å². The highest BCUT2D eigenvalue weighted by molar-refractivity contribution is 6.00. The Hall–Kier alpha value is -3.08. The second-order valence-electron chi connectivity index (χ2n) is 7.23. The number of benzene rings is 2. The minimum atomic E-state index is -0.0629.